The summed E-state index contributed by atoms with van der Waals surface area (Å²) in [4.78, 5) is 5.29. The van der Waals surface area contributed by atoms with Gasteiger partial charge in [0.2, 0.25) is 5.79 Å². The quantitative estimate of drug-likeness (QED) is 0.172. The van der Waals surface area contributed by atoms with E-state index in [0.29, 0.717) is 19.0 Å². The van der Waals surface area contributed by atoms with Gasteiger partial charge in [-0.1, -0.05) is 23.4 Å². The van der Waals surface area contributed by atoms with E-state index >= 15 is 0 Å². The summed E-state index contributed by atoms with van der Waals surface area (Å²) in [6.07, 6.45) is 2.48. The molecule has 1 aliphatic heterocycles. The van der Waals surface area contributed by atoms with Crippen molar-refractivity contribution in [2.24, 2.45) is 5.16 Å². The highest BCUT2D eigenvalue weighted by Crippen LogP contribution is 2.32. The third-order valence-electron chi connectivity index (χ3n) is 6.93. The molecule has 38 heavy (non-hydrogen) atoms. The van der Waals surface area contributed by atoms with Gasteiger partial charge in [0.05, 0.1) is 5.71 Å². The Morgan fingerprint density at radius 3 is 2.42 bits per heavy atom. The summed E-state index contributed by atoms with van der Waals surface area (Å²) < 4.78 is 19.5. The lowest BCUT2D eigenvalue weighted by Gasteiger charge is -2.18. The minimum absolute atomic E-state index is 0.344. The second kappa shape index (κ2) is 10.4. The Kier molecular flexibility index (Phi) is 7.06. The van der Waals surface area contributed by atoms with Gasteiger partial charge in [0.1, 0.15) is 25.2 Å². The summed E-state index contributed by atoms with van der Waals surface area (Å²) in [6, 6.07) is 19.6. The van der Waals surface area contributed by atoms with Crippen molar-refractivity contribution in [3.63, 3.8) is 0 Å². The number of aromatic nitrogens is 1. The van der Waals surface area contributed by atoms with Gasteiger partial charge in [-0.3, -0.25) is 0 Å². The van der Waals surface area contributed by atoms with E-state index in [0.717, 1.165) is 30.0 Å². The molecule has 0 bridgehead atoms. The molecule has 0 saturated heterocycles. The van der Waals surface area contributed by atoms with Crippen LogP contribution < -0.4 is 4.74 Å². The Morgan fingerprint density at radius 2 is 1.74 bits per heavy atom. The Balaban J connectivity index is 1.40. The molecule has 0 aliphatic carbocycles. The molecule has 198 valence electrons. The maximum atomic E-state index is 5.95. The standard InChI is InChI=1S/C32H36N2O4/c1-7-34-30-13-9-23(17-28(30)29-18-25(11-14-31(29)34)22(4)33-37-8-2)16-24-10-12-26(15-21(24)3)35-19-27-20-36-32(5,6)38-27/h9-15,17-18,20H,7-8,16,19H2,1-6H3. The van der Waals surface area contributed by atoms with Gasteiger partial charge in [-0.15, -0.1) is 0 Å². The molecule has 5 rings (SSSR count). The molecule has 2 heterocycles. The minimum atomic E-state index is -0.625. The molecule has 6 heteroatoms. The lowest BCUT2D eigenvalue weighted by Crippen LogP contribution is -2.21. The second-order valence-corrected chi connectivity index (χ2v) is 10.2. The van der Waals surface area contributed by atoms with Crippen molar-refractivity contribution in [1.82, 2.24) is 4.57 Å². The van der Waals surface area contributed by atoms with Gasteiger partial charge in [0.15, 0.2) is 5.76 Å². The van der Waals surface area contributed by atoms with E-state index in [2.05, 4.69) is 72.1 Å². The summed E-state index contributed by atoms with van der Waals surface area (Å²) in [7, 11) is 0. The highest BCUT2D eigenvalue weighted by molar-refractivity contribution is 6.11. The number of hydrogen-bond acceptors (Lipinski definition) is 5. The van der Waals surface area contributed by atoms with Crippen molar-refractivity contribution in [3.05, 3.63) is 88.9 Å². The number of oxime groups is 1. The number of fused-ring (bicyclic) bond motifs is 3. The molecule has 0 N–H and O–H groups in total. The van der Waals surface area contributed by atoms with Crippen molar-refractivity contribution in [3.8, 4) is 5.75 Å². The van der Waals surface area contributed by atoms with E-state index in [-0.39, 0.29) is 0 Å². The van der Waals surface area contributed by atoms with Crippen LogP contribution in [0.4, 0.5) is 0 Å². The predicted molar refractivity (Wildman–Crippen MR) is 153 cm³/mol. The zero-order valence-corrected chi connectivity index (χ0v) is 23.1. The number of nitrogens with zero attached hydrogens (tertiary/aromatic N) is 2. The van der Waals surface area contributed by atoms with Gasteiger partial charge in [-0.05, 0) is 92.8 Å². The number of ether oxygens (including phenoxy) is 3. The highest BCUT2D eigenvalue weighted by Gasteiger charge is 2.27. The van der Waals surface area contributed by atoms with Gasteiger partial charge < -0.3 is 23.6 Å². The van der Waals surface area contributed by atoms with Crippen molar-refractivity contribution < 1.29 is 19.0 Å². The molecule has 1 aromatic heterocycles. The fourth-order valence-corrected chi connectivity index (χ4v) is 5.01. The van der Waals surface area contributed by atoms with E-state index in [1.54, 1.807) is 6.26 Å². The van der Waals surface area contributed by atoms with Crippen molar-refractivity contribution >= 4 is 27.5 Å². The van der Waals surface area contributed by atoms with Crippen molar-refractivity contribution in [2.75, 3.05) is 13.2 Å². The largest absolute Gasteiger partial charge is 0.486 e. The van der Waals surface area contributed by atoms with Crippen LogP contribution in [-0.2, 0) is 27.3 Å². The first-order chi connectivity index (χ1) is 18.3. The number of benzene rings is 3. The van der Waals surface area contributed by atoms with Crippen molar-refractivity contribution in [1.29, 1.82) is 0 Å². The van der Waals surface area contributed by atoms with E-state index in [1.807, 2.05) is 33.8 Å². The van der Waals surface area contributed by atoms with Crippen LogP contribution in [0.5, 0.6) is 5.75 Å². The third kappa shape index (κ3) is 5.21. The average Bonchev–Trinajstić information content (AvgIpc) is 3.42. The molecule has 0 atom stereocenters. The van der Waals surface area contributed by atoms with Crippen LogP contribution in [0.25, 0.3) is 21.8 Å². The van der Waals surface area contributed by atoms with E-state index in [1.165, 1.54) is 38.5 Å². The summed E-state index contributed by atoms with van der Waals surface area (Å²) in [5.74, 6) is 0.887. The van der Waals surface area contributed by atoms with Crippen LogP contribution in [0.2, 0.25) is 0 Å². The summed E-state index contributed by atoms with van der Waals surface area (Å²) in [6.45, 7) is 13.8. The summed E-state index contributed by atoms with van der Waals surface area (Å²) in [5.41, 5.74) is 8.19. The van der Waals surface area contributed by atoms with Gasteiger partial charge in [-0.25, -0.2) is 0 Å². The molecule has 0 amide bonds. The zero-order chi connectivity index (χ0) is 26.9. The highest BCUT2D eigenvalue weighted by atomic mass is 16.7. The Labute approximate surface area is 224 Å². The van der Waals surface area contributed by atoms with Gasteiger partial charge in [0, 0.05) is 42.2 Å². The molecular formula is C32H36N2O4. The fourth-order valence-electron chi connectivity index (χ4n) is 5.01. The molecular weight excluding hydrogens is 476 g/mol. The van der Waals surface area contributed by atoms with Crippen LogP contribution in [-0.4, -0.2) is 29.3 Å². The summed E-state index contributed by atoms with van der Waals surface area (Å²) >= 11 is 0. The fraction of sp³-hybridized carbons (Fsp3) is 0.344. The Hall–Kier alpha value is -3.93. The third-order valence-corrected chi connectivity index (χ3v) is 6.93. The molecule has 1 aliphatic rings. The van der Waals surface area contributed by atoms with Gasteiger partial charge in [0.25, 0.3) is 0 Å². The molecule has 3 aromatic carbocycles. The number of rotatable bonds is 9. The normalized spacial score (nSPS) is 14.9. The molecule has 4 aromatic rings. The maximum Gasteiger partial charge on any atom is 0.244 e. The molecule has 0 fully saturated rings. The SMILES string of the molecule is CCON=C(C)c1ccc2c(c1)c1cc(Cc3ccc(OCC4=COC(C)(C)O4)cc3C)ccc1n2CC. The van der Waals surface area contributed by atoms with Crippen LogP contribution in [0.15, 0.2) is 71.8 Å². The lowest BCUT2D eigenvalue weighted by molar-refractivity contribution is -0.119. The average molecular weight is 513 g/mol. The van der Waals surface area contributed by atoms with Crippen LogP contribution in [0.3, 0.4) is 0 Å². The second-order valence-electron chi connectivity index (χ2n) is 10.2. The molecule has 0 radical (unpaired) electrons. The van der Waals surface area contributed by atoms with Crippen LogP contribution in [0, 0.1) is 6.92 Å². The first kappa shape index (κ1) is 25.7. The molecule has 0 spiro atoms. The number of aryl methyl sites for hydroxylation is 2. The van der Waals surface area contributed by atoms with E-state index in [9.17, 15) is 0 Å². The summed E-state index contributed by atoms with van der Waals surface area (Å²) in [5, 5.41) is 6.74. The maximum absolute atomic E-state index is 5.95. The van der Waals surface area contributed by atoms with Crippen molar-refractivity contribution in [2.45, 2.75) is 60.3 Å². The van der Waals surface area contributed by atoms with Gasteiger partial charge >= 0.3 is 0 Å². The first-order valence-electron chi connectivity index (χ1n) is 13.3. The Bertz CT molecular complexity index is 1540. The molecule has 6 nitrogen and oxygen atoms in total. The van der Waals surface area contributed by atoms with Crippen LogP contribution in [0.1, 0.15) is 56.9 Å². The van der Waals surface area contributed by atoms with Gasteiger partial charge in [-0.2, -0.15) is 0 Å². The Morgan fingerprint density at radius 1 is 0.974 bits per heavy atom. The topological polar surface area (TPSA) is 54.2 Å². The zero-order valence-electron chi connectivity index (χ0n) is 23.1. The predicted octanol–water partition coefficient (Wildman–Crippen LogP) is 7.48. The van der Waals surface area contributed by atoms with E-state index in [4.69, 9.17) is 19.0 Å². The lowest BCUT2D eigenvalue weighted by atomic mass is 9.98. The molecule has 0 saturated carbocycles. The number of hydrogen-bond donors (Lipinski definition) is 0. The minimum Gasteiger partial charge on any atom is -0.486 e. The molecule has 0 unspecified atom stereocenters. The monoisotopic (exact) mass is 512 g/mol. The smallest absolute Gasteiger partial charge is 0.244 e. The van der Waals surface area contributed by atoms with Crippen LogP contribution >= 0.6 is 0 Å². The first-order valence-corrected chi connectivity index (χ1v) is 13.3. The van der Waals surface area contributed by atoms with E-state index < -0.39 is 5.79 Å².